The quantitative estimate of drug-likeness (QED) is 0.136. The molecular weight excluding hydrogens is 604 g/mol. The minimum absolute atomic E-state index is 0.00918. The van der Waals surface area contributed by atoms with Crippen LogP contribution >= 0.6 is 15.9 Å². The summed E-state index contributed by atoms with van der Waals surface area (Å²) in [5.41, 5.74) is 1.80. The largest absolute Gasteiger partial charge is 0.494 e. The predicted molar refractivity (Wildman–Crippen MR) is 176 cm³/mol. The molecule has 0 bridgehead atoms. The summed E-state index contributed by atoms with van der Waals surface area (Å²) in [6, 6.07) is 33.1. The third kappa shape index (κ3) is 6.24. The first-order valence-electron chi connectivity index (χ1n) is 14.7. The van der Waals surface area contributed by atoms with E-state index in [4.69, 9.17) is 9.16 Å². The summed E-state index contributed by atoms with van der Waals surface area (Å²) in [4.78, 5) is 20.4. The molecule has 1 saturated carbocycles. The van der Waals surface area contributed by atoms with Crippen LogP contribution in [0.5, 0.6) is 5.75 Å². The average Bonchev–Trinajstić information content (AvgIpc) is 2.97. The van der Waals surface area contributed by atoms with Crippen molar-refractivity contribution in [3.05, 3.63) is 113 Å². The summed E-state index contributed by atoms with van der Waals surface area (Å²) >= 11 is 3.58. The standard InChI is InChI=1S/C35H39BrN2O3Si/c1-5-40-28-20-18-26(19-21-28)25-38(32-17-12-22-37-33(32)36)34(39)27-23-29(24-27)41-42(35(2,3)4,30-13-8-6-9-14-30)31-15-10-7-11-16-31/h6-22,27,29H,5,23-25H2,1-4H3. The molecule has 1 aliphatic carbocycles. The zero-order chi connectivity index (χ0) is 29.7. The van der Waals surface area contributed by atoms with Crippen molar-refractivity contribution >= 4 is 46.2 Å². The second-order valence-corrected chi connectivity index (χ2v) is 16.9. The number of benzene rings is 3. The van der Waals surface area contributed by atoms with Crippen molar-refractivity contribution in [2.24, 2.45) is 5.92 Å². The van der Waals surface area contributed by atoms with Gasteiger partial charge < -0.3 is 14.1 Å². The number of hydrogen-bond donors (Lipinski definition) is 0. The molecule has 0 aliphatic heterocycles. The number of pyridine rings is 1. The van der Waals surface area contributed by atoms with Crippen LogP contribution in [0.15, 0.2) is 108 Å². The van der Waals surface area contributed by atoms with Crippen LogP contribution in [0.2, 0.25) is 5.04 Å². The van der Waals surface area contributed by atoms with Crippen molar-refractivity contribution in [3.8, 4) is 5.75 Å². The molecule has 5 rings (SSSR count). The first-order valence-corrected chi connectivity index (χ1v) is 17.4. The number of aromatic nitrogens is 1. The number of carbonyl (C=O) groups is 1. The highest BCUT2D eigenvalue weighted by Crippen LogP contribution is 2.42. The fourth-order valence-electron chi connectivity index (χ4n) is 5.93. The Bertz CT molecular complexity index is 1430. The van der Waals surface area contributed by atoms with Crippen molar-refractivity contribution in [2.45, 2.75) is 58.2 Å². The number of halogens is 1. The van der Waals surface area contributed by atoms with Crippen molar-refractivity contribution in [1.29, 1.82) is 0 Å². The Kier molecular flexibility index (Phi) is 9.31. The molecule has 4 aromatic rings. The van der Waals surface area contributed by atoms with Crippen LogP contribution in [-0.2, 0) is 15.8 Å². The summed E-state index contributed by atoms with van der Waals surface area (Å²) in [6.45, 7) is 9.91. The maximum absolute atomic E-state index is 14.1. The molecule has 1 aromatic heterocycles. The molecule has 1 amide bonds. The first-order chi connectivity index (χ1) is 20.2. The Labute approximate surface area is 259 Å². The molecule has 0 radical (unpaired) electrons. The molecular formula is C35H39BrN2O3Si. The second-order valence-electron chi connectivity index (χ2n) is 11.9. The normalized spacial score (nSPS) is 16.9. The Morgan fingerprint density at radius 3 is 2.02 bits per heavy atom. The molecule has 42 heavy (non-hydrogen) atoms. The Morgan fingerprint density at radius 1 is 0.905 bits per heavy atom. The minimum Gasteiger partial charge on any atom is -0.494 e. The van der Waals surface area contributed by atoms with E-state index in [2.05, 4.69) is 102 Å². The molecule has 7 heteroatoms. The third-order valence-corrected chi connectivity index (χ3v) is 13.8. The van der Waals surface area contributed by atoms with Crippen LogP contribution < -0.4 is 20.0 Å². The molecule has 1 heterocycles. The van der Waals surface area contributed by atoms with Gasteiger partial charge in [-0.25, -0.2) is 4.98 Å². The summed E-state index contributed by atoms with van der Waals surface area (Å²) in [6.07, 6.45) is 3.13. The van der Waals surface area contributed by atoms with Gasteiger partial charge in [-0.3, -0.25) is 4.79 Å². The lowest BCUT2D eigenvalue weighted by atomic mass is 9.81. The molecule has 0 N–H and O–H groups in total. The molecule has 3 aromatic carbocycles. The number of carbonyl (C=O) groups excluding carboxylic acids is 1. The zero-order valence-corrected chi connectivity index (χ0v) is 27.4. The van der Waals surface area contributed by atoms with Gasteiger partial charge in [0.05, 0.1) is 18.8 Å². The van der Waals surface area contributed by atoms with Crippen LogP contribution in [-0.4, -0.2) is 31.9 Å². The summed E-state index contributed by atoms with van der Waals surface area (Å²) in [5, 5.41) is 2.41. The average molecular weight is 644 g/mol. The van der Waals surface area contributed by atoms with Crippen molar-refractivity contribution < 1.29 is 14.0 Å². The smallest absolute Gasteiger partial charge is 0.261 e. The molecule has 0 unspecified atom stereocenters. The number of amides is 1. The van der Waals surface area contributed by atoms with Gasteiger partial charge in [0.2, 0.25) is 5.91 Å². The number of anilines is 1. The van der Waals surface area contributed by atoms with Gasteiger partial charge in [-0.2, -0.15) is 0 Å². The van der Waals surface area contributed by atoms with Gasteiger partial charge in [-0.15, -0.1) is 0 Å². The lowest BCUT2D eigenvalue weighted by molar-refractivity contribution is -0.128. The maximum Gasteiger partial charge on any atom is 0.261 e. The van der Waals surface area contributed by atoms with Gasteiger partial charge in [-0.05, 0) is 80.9 Å². The van der Waals surface area contributed by atoms with Crippen LogP contribution in [0, 0.1) is 5.92 Å². The van der Waals surface area contributed by atoms with Crippen molar-refractivity contribution in [1.82, 2.24) is 4.98 Å². The summed E-state index contributed by atoms with van der Waals surface area (Å²) in [5.74, 6) is 0.798. The minimum atomic E-state index is -2.67. The monoisotopic (exact) mass is 642 g/mol. The van der Waals surface area contributed by atoms with Crippen molar-refractivity contribution in [3.63, 3.8) is 0 Å². The number of hydrogen-bond acceptors (Lipinski definition) is 4. The number of nitrogens with zero attached hydrogens (tertiary/aromatic N) is 2. The molecule has 5 nitrogen and oxygen atoms in total. The highest BCUT2D eigenvalue weighted by Gasteiger charge is 2.53. The van der Waals surface area contributed by atoms with E-state index < -0.39 is 8.32 Å². The van der Waals surface area contributed by atoms with Crippen LogP contribution in [0.1, 0.15) is 46.1 Å². The van der Waals surface area contributed by atoms with E-state index in [9.17, 15) is 4.79 Å². The highest BCUT2D eigenvalue weighted by molar-refractivity contribution is 9.10. The molecule has 1 fully saturated rings. The van der Waals surface area contributed by atoms with E-state index in [1.807, 2.05) is 48.2 Å². The Hall–Kier alpha value is -3.26. The summed E-state index contributed by atoms with van der Waals surface area (Å²) < 4.78 is 13.6. The van der Waals surface area contributed by atoms with Crippen LogP contribution in [0.3, 0.4) is 0 Å². The number of ether oxygens (including phenoxy) is 1. The Morgan fingerprint density at radius 2 is 1.50 bits per heavy atom. The zero-order valence-electron chi connectivity index (χ0n) is 24.8. The molecule has 1 aliphatic rings. The van der Waals surface area contributed by atoms with Gasteiger partial charge in [0.1, 0.15) is 10.4 Å². The lowest BCUT2D eigenvalue weighted by Crippen LogP contribution is -2.68. The van der Waals surface area contributed by atoms with Crippen LogP contribution in [0.4, 0.5) is 5.69 Å². The number of rotatable bonds is 10. The van der Waals surface area contributed by atoms with Gasteiger partial charge in [0, 0.05) is 18.2 Å². The van der Waals surface area contributed by atoms with Gasteiger partial charge in [0.15, 0.2) is 0 Å². The van der Waals surface area contributed by atoms with E-state index in [1.54, 1.807) is 6.20 Å². The highest BCUT2D eigenvalue weighted by atomic mass is 79.9. The van der Waals surface area contributed by atoms with Crippen molar-refractivity contribution in [2.75, 3.05) is 11.5 Å². The van der Waals surface area contributed by atoms with E-state index in [-0.39, 0.29) is 23.0 Å². The lowest BCUT2D eigenvalue weighted by Gasteiger charge is -2.48. The first kappa shape index (κ1) is 30.2. The summed E-state index contributed by atoms with van der Waals surface area (Å²) in [7, 11) is -2.67. The molecule has 218 valence electrons. The SMILES string of the molecule is CCOc1ccc(CN(C(=O)C2CC(O[Si](c3ccccc3)(c3ccccc3)C(C)(C)C)C2)c2cccnc2Br)cc1. The predicted octanol–water partition coefficient (Wildman–Crippen LogP) is 7.13. The fourth-order valence-corrected chi connectivity index (χ4v) is 11.1. The van der Waals surface area contributed by atoms with E-state index >= 15 is 0 Å². The van der Waals surface area contributed by atoms with Gasteiger partial charge in [0.25, 0.3) is 8.32 Å². The fraction of sp³-hybridized carbons (Fsp3) is 0.314. The Balaban J connectivity index is 1.39. The van der Waals surface area contributed by atoms with E-state index in [0.29, 0.717) is 30.6 Å². The molecule has 0 saturated heterocycles. The third-order valence-electron chi connectivity index (χ3n) is 8.08. The van der Waals surface area contributed by atoms with E-state index in [1.165, 1.54) is 10.4 Å². The molecule has 0 atom stereocenters. The second kappa shape index (κ2) is 12.9. The molecule has 0 spiro atoms. The van der Waals surface area contributed by atoms with Gasteiger partial charge in [-0.1, -0.05) is 93.6 Å². The maximum atomic E-state index is 14.1. The van der Waals surface area contributed by atoms with Gasteiger partial charge >= 0.3 is 0 Å². The van der Waals surface area contributed by atoms with Crippen LogP contribution in [0.25, 0.3) is 0 Å². The topological polar surface area (TPSA) is 51.7 Å². The van der Waals surface area contributed by atoms with E-state index in [0.717, 1.165) is 17.0 Å².